The van der Waals surface area contributed by atoms with Crippen LogP contribution in [0.15, 0.2) is 29.6 Å². The largest absolute Gasteiger partial charge is 0.497 e. The minimum atomic E-state index is -0.149. The van der Waals surface area contributed by atoms with Crippen molar-refractivity contribution in [2.75, 3.05) is 12.4 Å². The Labute approximate surface area is 103 Å². The van der Waals surface area contributed by atoms with E-state index in [-0.39, 0.29) is 5.91 Å². The molecule has 0 unspecified atom stereocenters. The molecule has 0 spiro atoms. The summed E-state index contributed by atoms with van der Waals surface area (Å²) in [7, 11) is 1.59. The first-order chi connectivity index (χ1) is 8.20. The second-order valence-electron chi connectivity index (χ2n) is 3.50. The fraction of sp³-hybridized carbons (Fsp3) is 0.167. The SMILES string of the molecule is COc1cccc(NC(=O)c2csnc2C)c1. The van der Waals surface area contributed by atoms with Gasteiger partial charge in [-0.3, -0.25) is 4.79 Å². The van der Waals surface area contributed by atoms with Gasteiger partial charge >= 0.3 is 0 Å². The van der Waals surface area contributed by atoms with Crippen molar-refractivity contribution in [3.05, 3.63) is 40.9 Å². The highest BCUT2D eigenvalue weighted by Gasteiger charge is 2.11. The number of aromatic nitrogens is 1. The zero-order valence-corrected chi connectivity index (χ0v) is 10.4. The topological polar surface area (TPSA) is 51.2 Å². The van der Waals surface area contributed by atoms with Crippen LogP contribution in [-0.2, 0) is 0 Å². The summed E-state index contributed by atoms with van der Waals surface area (Å²) in [5.74, 6) is 0.562. The molecular formula is C12H12N2O2S. The molecule has 0 aliphatic carbocycles. The summed E-state index contributed by atoms with van der Waals surface area (Å²) in [6, 6.07) is 7.24. The van der Waals surface area contributed by atoms with E-state index in [0.717, 1.165) is 5.69 Å². The minimum absolute atomic E-state index is 0.149. The van der Waals surface area contributed by atoms with Crippen molar-refractivity contribution in [3.8, 4) is 5.75 Å². The van der Waals surface area contributed by atoms with Crippen LogP contribution in [0.1, 0.15) is 16.1 Å². The van der Waals surface area contributed by atoms with Gasteiger partial charge in [0.2, 0.25) is 0 Å². The molecule has 0 radical (unpaired) electrons. The van der Waals surface area contributed by atoms with Gasteiger partial charge in [-0.2, -0.15) is 4.37 Å². The summed E-state index contributed by atoms with van der Waals surface area (Å²) in [5, 5.41) is 4.55. The van der Waals surface area contributed by atoms with E-state index in [4.69, 9.17) is 4.74 Å². The first-order valence-electron chi connectivity index (χ1n) is 5.07. The number of nitrogens with one attached hydrogen (secondary N) is 1. The highest BCUT2D eigenvalue weighted by molar-refractivity contribution is 7.04. The number of ether oxygens (including phenoxy) is 1. The standard InChI is InChI=1S/C12H12N2O2S/c1-8-11(7-17-14-8)12(15)13-9-4-3-5-10(6-9)16-2/h3-7H,1-2H3,(H,13,15). The summed E-state index contributed by atoms with van der Waals surface area (Å²) in [6.07, 6.45) is 0. The molecule has 0 bridgehead atoms. The highest BCUT2D eigenvalue weighted by Crippen LogP contribution is 2.18. The van der Waals surface area contributed by atoms with Crippen LogP contribution in [0.25, 0.3) is 0 Å². The van der Waals surface area contributed by atoms with Gasteiger partial charge in [0, 0.05) is 17.1 Å². The molecule has 17 heavy (non-hydrogen) atoms. The Morgan fingerprint density at radius 3 is 2.94 bits per heavy atom. The molecule has 4 nitrogen and oxygen atoms in total. The Hall–Kier alpha value is -1.88. The monoisotopic (exact) mass is 248 g/mol. The molecule has 0 fully saturated rings. The molecule has 1 heterocycles. The summed E-state index contributed by atoms with van der Waals surface area (Å²) in [4.78, 5) is 11.9. The number of nitrogens with zero attached hydrogens (tertiary/aromatic N) is 1. The van der Waals surface area contributed by atoms with Crippen LogP contribution in [0.3, 0.4) is 0 Å². The van der Waals surface area contributed by atoms with E-state index in [2.05, 4.69) is 9.69 Å². The number of methoxy groups -OCH3 is 1. The zero-order chi connectivity index (χ0) is 12.3. The molecule has 2 rings (SSSR count). The molecule has 0 saturated heterocycles. The molecule has 5 heteroatoms. The van der Waals surface area contributed by atoms with Crippen molar-refractivity contribution in [3.63, 3.8) is 0 Å². The van der Waals surface area contributed by atoms with Gasteiger partial charge in [0.15, 0.2) is 0 Å². The Morgan fingerprint density at radius 1 is 1.47 bits per heavy atom. The summed E-state index contributed by atoms with van der Waals surface area (Å²) in [6.45, 7) is 1.82. The van der Waals surface area contributed by atoms with E-state index in [9.17, 15) is 4.79 Å². The third-order valence-electron chi connectivity index (χ3n) is 2.32. The maximum Gasteiger partial charge on any atom is 0.258 e. The van der Waals surface area contributed by atoms with Crippen molar-refractivity contribution in [2.24, 2.45) is 0 Å². The molecule has 1 aromatic heterocycles. The lowest BCUT2D eigenvalue weighted by molar-refractivity contribution is 0.102. The molecule has 0 aliphatic rings. The van der Waals surface area contributed by atoms with Crippen LogP contribution < -0.4 is 10.1 Å². The van der Waals surface area contributed by atoms with Gasteiger partial charge < -0.3 is 10.1 Å². The molecule has 0 saturated carbocycles. The molecule has 2 aromatic rings. The Bertz CT molecular complexity index is 537. The smallest absolute Gasteiger partial charge is 0.258 e. The van der Waals surface area contributed by atoms with Gasteiger partial charge in [-0.25, -0.2) is 0 Å². The lowest BCUT2D eigenvalue weighted by Crippen LogP contribution is -2.12. The lowest BCUT2D eigenvalue weighted by Gasteiger charge is -2.06. The van der Waals surface area contributed by atoms with Gasteiger partial charge in [0.25, 0.3) is 5.91 Å². The van der Waals surface area contributed by atoms with Gasteiger partial charge in [-0.15, -0.1) is 0 Å². The lowest BCUT2D eigenvalue weighted by atomic mass is 10.2. The number of rotatable bonds is 3. The van der Waals surface area contributed by atoms with Crippen LogP contribution in [0.4, 0.5) is 5.69 Å². The first-order valence-corrected chi connectivity index (χ1v) is 5.90. The Kier molecular flexibility index (Phi) is 3.39. The fourth-order valence-electron chi connectivity index (χ4n) is 1.41. The van der Waals surface area contributed by atoms with Crippen LogP contribution in [0.5, 0.6) is 5.75 Å². The number of aryl methyl sites for hydroxylation is 1. The number of anilines is 1. The van der Waals surface area contributed by atoms with E-state index >= 15 is 0 Å². The molecule has 0 atom stereocenters. The molecule has 0 aliphatic heterocycles. The Morgan fingerprint density at radius 2 is 2.29 bits per heavy atom. The molecule has 1 N–H and O–H groups in total. The maximum absolute atomic E-state index is 11.9. The highest BCUT2D eigenvalue weighted by atomic mass is 32.1. The van der Waals surface area contributed by atoms with Gasteiger partial charge in [-0.1, -0.05) is 6.07 Å². The van der Waals surface area contributed by atoms with E-state index < -0.39 is 0 Å². The number of hydrogen-bond donors (Lipinski definition) is 1. The third-order valence-corrected chi connectivity index (χ3v) is 3.04. The number of carbonyl (C=O) groups excluding carboxylic acids is 1. The van der Waals surface area contributed by atoms with Crippen molar-refractivity contribution < 1.29 is 9.53 Å². The summed E-state index contributed by atoms with van der Waals surface area (Å²) < 4.78 is 9.16. The van der Waals surface area contributed by atoms with Crippen molar-refractivity contribution in [1.29, 1.82) is 0 Å². The molecule has 88 valence electrons. The second kappa shape index (κ2) is 4.97. The predicted molar refractivity (Wildman–Crippen MR) is 67.8 cm³/mol. The first kappa shape index (κ1) is 11.6. The summed E-state index contributed by atoms with van der Waals surface area (Å²) in [5.41, 5.74) is 2.06. The van der Waals surface area contributed by atoms with Gasteiger partial charge in [0.1, 0.15) is 5.75 Å². The Balaban J connectivity index is 2.16. The van der Waals surface area contributed by atoms with E-state index in [1.165, 1.54) is 11.5 Å². The van der Waals surface area contributed by atoms with Crippen LogP contribution >= 0.6 is 11.5 Å². The predicted octanol–water partition coefficient (Wildman–Crippen LogP) is 2.71. The number of benzene rings is 1. The second-order valence-corrected chi connectivity index (χ2v) is 4.13. The van der Waals surface area contributed by atoms with Gasteiger partial charge in [-0.05, 0) is 30.6 Å². The van der Waals surface area contributed by atoms with E-state index in [1.807, 2.05) is 25.1 Å². The average Bonchev–Trinajstić information content (AvgIpc) is 2.76. The van der Waals surface area contributed by atoms with Crippen molar-refractivity contribution in [1.82, 2.24) is 4.37 Å². The zero-order valence-electron chi connectivity index (χ0n) is 9.56. The van der Waals surface area contributed by atoms with Crippen molar-refractivity contribution in [2.45, 2.75) is 6.92 Å². The molecule has 1 amide bonds. The van der Waals surface area contributed by atoms with E-state index in [0.29, 0.717) is 17.0 Å². The van der Waals surface area contributed by atoms with Crippen molar-refractivity contribution >= 4 is 23.1 Å². The fourth-order valence-corrected chi connectivity index (χ4v) is 2.10. The number of carbonyl (C=O) groups is 1. The number of amides is 1. The molecular weight excluding hydrogens is 236 g/mol. The average molecular weight is 248 g/mol. The normalized spacial score (nSPS) is 10.0. The van der Waals surface area contributed by atoms with E-state index in [1.54, 1.807) is 18.6 Å². The quantitative estimate of drug-likeness (QED) is 0.908. The van der Waals surface area contributed by atoms with Gasteiger partial charge in [0.05, 0.1) is 18.4 Å². The maximum atomic E-state index is 11.9. The minimum Gasteiger partial charge on any atom is -0.497 e. The van der Waals surface area contributed by atoms with Crippen LogP contribution in [-0.4, -0.2) is 17.4 Å². The number of hydrogen-bond acceptors (Lipinski definition) is 4. The van der Waals surface area contributed by atoms with Crippen LogP contribution in [0.2, 0.25) is 0 Å². The summed E-state index contributed by atoms with van der Waals surface area (Å²) >= 11 is 1.28. The third kappa shape index (κ3) is 2.62. The van der Waals surface area contributed by atoms with Crippen LogP contribution in [0, 0.1) is 6.92 Å². The molecule has 1 aromatic carbocycles.